The SMILES string of the molecule is CC[C@H](C)[C@H](NC(=O)OC(C)(C)C)C(=O)O.COC(=O)[C@@H]1CCCN1. The van der Waals surface area contributed by atoms with Crippen molar-refractivity contribution in [3.8, 4) is 0 Å². The molecule has 0 aliphatic carbocycles. The molecule has 0 spiro atoms. The maximum absolute atomic E-state index is 11.4. The first-order valence-electron chi connectivity index (χ1n) is 8.55. The van der Waals surface area contributed by atoms with Crippen molar-refractivity contribution in [2.24, 2.45) is 5.92 Å². The summed E-state index contributed by atoms with van der Waals surface area (Å²) < 4.78 is 9.53. The minimum absolute atomic E-state index is 0.0324. The molecule has 1 amide bonds. The summed E-state index contributed by atoms with van der Waals surface area (Å²) in [6, 6.07) is -0.935. The van der Waals surface area contributed by atoms with Crippen LogP contribution in [0.3, 0.4) is 0 Å². The summed E-state index contributed by atoms with van der Waals surface area (Å²) in [6.45, 7) is 9.77. The molecule has 0 saturated carbocycles. The Morgan fingerprint density at radius 2 is 1.92 bits per heavy atom. The van der Waals surface area contributed by atoms with E-state index in [-0.39, 0.29) is 17.9 Å². The van der Waals surface area contributed by atoms with Gasteiger partial charge in [0.2, 0.25) is 0 Å². The molecule has 0 aromatic rings. The minimum atomic E-state index is -1.04. The Bertz CT molecular complexity index is 441. The highest BCUT2D eigenvalue weighted by Crippen LogP contribution is 2.11. The molecule has 1 fully saturated rings. The van der Waals surface area contributed by atoms with Crippen molar-refractivity contribution >= 4 is 18.0 Å². The average Bonchev–Trinajstić information content (AvgIpc) is 3.04. The van der Waals surface area contributed by atoms with E-state index >= 15 is 0 Å². The Balaban J connectivity index is 0.000000535. The highest BCUT2D eigenvalue weighted by Gasteiger charge is 2.27. The lowest BCUT2D eigenvalue weighted by molar-refractivity contribution is -0.143. The molecule has 0 bridgehead atoms. The summed E-state index contributed by atoms with van der Waals surface area (Å²) in [4.78, 5) is 33.1. The van der Waals surface area contributed by atoms with E-state index in [1.54, 1.807) is 27.7 Å². The van der Waals surface area contributed by atoms with Gasteiger partial charge in [-0.25, -0.2) is 9.59 Å². The molecule has 1 aliphatic rings. The monoisotopic (exact) mass is 360 g/mol. The molecule has 0 radical (unpaired) electrons. The van der Waals surface area contributed by atoms with Crippen LogP contribution >= 0.6 is 0 Å². The molecule has 1 saturated heterocycles. The summed E-state index contributed by atoms with van der Waals surface area (Å²) in [6.07, 6.45) is 1.99. The second-order valence-corrected chi connectivity index (χ2v) is 7.02. The normalized spacial score (nSPS) is 19.0. The molecule has 3 atom stereocenters. The van der Waals surface area contributed by atoms with E-state index in [1.807, 2.05) is 6.92 Å². The zero-order chi connectivity index (χ0) is 19.6. The van der Waals surface area contributed by atoms with Crippen molar-refractivity contribution in [2.75, 3.05) is 13.7 Å². The van der Waals surface area contributed by atoms with Crippen molar-refractivity contribution in [3.63, 3.8) is 0 Å². The van der Waals surface area contributed by atoms with Gasteiger partial charge in [0, 0.05) is 0 Å². The average molecular weight is 360 g/mol. The Morgan fingerprint density at radius 1 is 1.32 bits per heavy atom. The summed E-state index contributed by atoms with van der Waals surface area (Å²) in [5, 5.41) is 14.3. The molecule has 0 unspecified atom stereocenters. The van der Waals surface area contributed by atoms with Crippen molar-refractivity contribution in [2.45, 2.75) is 71.6 Å². The molecule has 8 heteroatoms. The van der Waals surface area contributed by atoms with Gasteiger partial charge in [0.05, 0.1) is 7.11 Å². The first kappa shape index (κ1) is 23.2. The van der Waals surface area contributed by atoms with Gasteiger partial charge in [0.25, 0.3) is 0 Å². The van der Waals surface area contributed by atoms with Crippen LogP contribution in [0.25, 0.3) is 0 Å². The number of hydrogen-bond acceptors (Lipinski definition) is 6. The van der Waals surface area contributed by atoms with Gasteiger partial charge in [-0.3, -0.25) is 4.79 Å². The van der Waals surface area contributed by atoms with Crippen molar-refractivity contribution in [1.29, 1.82) is 0 Å². The van der Waals surface area contributed by atoms with Crippen molar-refractivity contribution in [3.05, 3.63) is 0 Å². The highest BCUT2D eigenvalue weighted by atomic mass is 16.6. The van der Waals surface area contributed by atoms with Gasteiger partial charge >= 0.3 is 18.0 Å². The number of amides is 1. The van der Waals surface area contributed by atoms with Gasteiger partial charge in [-0.15, -0.1) is 0 Å². The van der Waals surface area contributed by atoms with Gasteiger partial charge in [0.15, 0.2) is 0 Å². The van der Waals surface area contributed by atoms with Crippen LogP contribution in [0.2, 0.25) is 0 Å². The maximum atomic E-state index is 11.4. The lowest BCUT2D eigenvalue weighted by Gasteiger charge is -2.24. The number of carbonyl (C=O) groups is 3. The third kappa shape index (κ3) is 9.91. The number of nitrogens with one attached hydrogen (secondary N) is 2. The highest BCUT2D eigenvalue weighted by molar-refractivity contribution is 5.80. The lowest BCUT2D eigenvalue weighted by Crippen LogP contribution is -2.46. The van der Waals surface area contributed by atoms with Gasteiger partial charge in [-0.1, -0.05) is 20.3 Å². The molecule has 25 heavy (non-hydrogen) atoms. The number of alkyl carbamates (subject to hydrolysis) is 1. The Kier molecular flexibility index (Phi) is 10.1. The molecule has 146 valence electrons. The fourth-order valence-electron chi connectivity index (χ4n) is 2.15. The van der Waals surface area contributed by atoms with E-state index in [2.05, 4.69) is 15.4 Å². The van der Waals surface area contributed by atoms with Crippen LogP contribution in [0.1, 0.15) is 53.9 Å². The minimum Gasteiger partial charge on any atom is -0.480 e. The van der Waals surface area contributed by atoms with Crippen LogP contribution in [0.4, 0.5) is 4.79 Å². The second kappa shape index (κ2) is 10.9. The Hall–Kier alpha value is -1.83. The van der Waals surface area contributed by atoms with Gasteiger partial charge in [0.1, 0.15) is 17.7 Å². The first-order chi connectivity index (χ1) is 11.5. The molecule has 8 nitrogen and oxygen atoms in total. The van der Waals surface area contributed by atoms with E-state index < -0.39 is 23.7 Å². The van der Waals surface area contributed by atoms with E-state index in [0.29, 0.717) is 6.42 Å². The van der Waals surface area contributed by atoms with Gasteiger partial charge in [-0.2, -0.15) is 0 Å². The predicted molar refractivity (Wildman–Crippen MR) is 93.3 cm³/mol. The van der Waals surface area contributed by atoms with E-state index in [1.165, 1.54) is 7.11 Å². The maximum Gasteiger partial charge on any atom is 0.408 e. The molecule has 0 aromatic heterocycles. The summed E-state index contributed by atoms with van der Waals surface area (Å²) in [5.41, 5.74) is -0.622. The quantitative estimate of drug-likeness (QED) is 0.642. The number of hydrogen-bond donors (Lipinski definition) is 3. The Labute approximate surface area is 149 Å². The zero-order valence-electron chi connectivity index (χ0n) is 16.0. The lowest BCUT2D eigenvalue weighted by atomic mass is 10.00. The number of rotatable bonds is 5. The van der Waals surface area contributed by atoms with Gasteiger partial charge < -0.3 is 25.2 Å². The van der Waals surface area contributed by atoms with Crippen LogP contribution in [0, 0.1) is 5.92 Å². The second-order valence-electron chi connectivity index (χ2n) is 7.02. The molecular weight excluding hydrogens is 328 g/mol. The van der Waals surface area contributed by atoms with E-state index in [9.17, 15) is 14.4 Å². The topological polar surface area (TPSA) is 114 Å². The molecule has 0 aromatic carbocycles. The number of esters is 1. The van der Waals surface area contributed by atoms with Crippen LogP contribution in [-0.2, 0) is 19.1 Å². The first-order valence-corrected chi connectivity index (χ1v) is 8.55. The fraction of sp³-hybridized carbons (Fsp3) is 0.824. The van der Waals surface area contributed by atoms with E-state index in [4.69, 9.17) is 9.84 Å². The van der Waals surface area contributed by atoms with Gasteiger partial charge in [-0.05, 0) is 46.1 Å². The number of carboxylic acid groups (broad SMARTS) is 1. The van der Waals surface area contributed by atoms with E-state index in [0.717, 1.165) is 19.4 Å². The summed E-state index contributed by atoms with van der Waals surface area (Å²) in [7, 11) is 1.42. The molecule has 1 aliphatic heterocycles. The molecule has 1 heterocycles. The molecule has 1 rings (SSSR count). The van der Waals surface area contributed by atoms with Crippen LogP contribution in [0.5, 0.6) is 0 Å². The number of ether oxygens (including phenoxy) is 2. The van der Waals surface area contributed by atoms with Crippen LogP contribution in [0.15, 0.2) is 0 Å². The largest absolute Gasteiger partial charge is 0.480 e. The number of aliphatic carboxylic acids is 1. The number of carbonyl (C=O) groups excluding carboxylic acids is 2. The smallest absolute Gasteiger partial charge is 0.408 e. The Morgan fingerprint density at radius 3 is 2.28 bits per heavy atom. The number of methoxy groups -OCH3 is 1. The fourth-order valence-corrected chi connectivity index (χ4v) is 2.15. The standard InChI is InChI=1S/C11H21NO4.C6H11NO2/c1-6-7(2)8(9(13)14)12-10(15)16-11(3,4)5;1-9-6(8)5-3-2-4-7-5/h7-8H,6H2,1-5H3,(H,12,15)(H,13,14);5,7H,2-4H2,1H3/t7-,8-;5-/m00/s1. The zero-order valence-corrected chi connectivity index (χ0v) is 16.0. The van der Waals surface area contributed by atoms with Crippen LogP contribution in [-0.4, -0.2) is 54.5 Å². The molecular formula is C17H32N2O6. The van der Waals surface area contributed by atoms with Crippen molar-refractivity contribution in [1.82, 2.24) is 10.6 Å². The summed E-state index contributed by atoms with van der Waals surface area (Å²) >= 11 is 0. The number of carboxylic acids is 1. The summed E-state index contributed by atoms with van der Waals surface area (Å²) in [5.74, 6) is -1.31. The third-order valence-electron chi connectivity index (χ3n) is 3.70. The predicted octanol–water partition coefficient (Wildman–Crippen LogP) is 1.92. The molecule has 3 N–H and O–H groups in total. The van der Waals surface area contributed by atoms with Crippen molar-refractivity contribution < 1.29 is 29.0 Å². The third-order valence-corrected chi connectivity index (χ3v) is 3.70. The van der Waals surface area contributed by atoms with Crippen LogP contribution < -0.4 is 10.6 Å².